The normalized spacial score (nSPS) is 12.6. The second-order valence-corrected chi connectivity index (χ2v) is 9.14. The monoisotopic (exact) mass is 395 g/mol. The minimum absolute atomic E-state index is 0.0225. The van der Waals surface area contributed by atoms with Crippen LogP contribution >= 0.6 is 38.2 Å². The lowest BCUT2D eigenvalue weighted by Gasteiger charge is -2.06. The molecule has 0 unspecified atom stereocenters. The van der Waals surface area contributed by atoms with E-state index in [1.165, 1.54) is 18.2 Å². The van der Waals surface area contributed by atoms with Crippen molar-refractivity contribution in [2.75, 3.05) is 12.3 Å². The van der Waals surface area contributed by atoms with Crippen LogP contribution in [0.25, 0.3) is 0 Å². The Kier molecular flexibility index (Phi) is 5.45. The number of nitrogens with one attached hydrogen (secondary N) is 1. The molecule has 1 aromatic carbocycles. The van der Waals surface area contributed by atoms with Crippen molar-refractivity contribution < 1.29 is 16.8 Å². The van der Waals surface area contributed by atoms with Gasteiger partial charge in [0.25, 0.3) is 0 Å². The average molecular weight is 397 g/mol. The summed E-state index contributed by atoms with van der Waals surface area (Å²) >= 11 is 8.83. The van der Waals surface area contributed by atoms with Gasteiger partial charge in [0.15, 0.2) is 0 Å². The van der Waals surface area contributed by atoms with Crippen molar-refractivity contribution in [2.45, 2.75) is 4.90 Å². The Labute approximate surface area is 123 Å². The van der Waals surface area contributed by atoms with Crippen LogP contribution in [0.4, 0.5) is 0 Å². The van der Waals surface area contributed by atoms with Crippen LogP contribution in [0.15, 0.2) is 27.6 Å². The number of benzene rings is 1. The lowest BCUT2D eigenvalue weighted by Crippen LogP contribution is -2.28. The van der Waals surface area contributed by atoms with Gasteiger partial charge >= 0.3 is 0 Å². The van der Waals surface area contributed by atoms with Crippen LogP contribution in [-0.4, -0.2) is 29.1 Å². The van der Waals surface area contributed by atoms with Gasteiger partial charge in [-0.1, -0.05) is 11.6 Å². The summed E-state index contributed by atoms with van der Waals surface area (Å²) in [5.74, 6) is -0.484. The van der Waals surface area contributed by atoms with Gasteiger partial charge < -0.3 is 0 Å². The van der Waals surface area contributed by atoms with Crippen LogP contribution in [-0.2, 0) is 19.1 Å². The summed E-state index contributed by atoms with van der Waals surface area (Å²) in [6, 6.07) is 4.04. The fourth-order valence-corrected chi connectivity index (χ4v) is 3.44. The van der Waals surface area contributed by atoms with E-state index in [4.69, 9.17) is 22.3 Å². The Hall–Kier alpha value is 0.140. The molecule has 1 rings (SSSR count). The smallest absolute Gasteiger partial charge is 0.212 e. The molecule has 0 atom stereocenters. The molecule has 0 aromatic heterocycles. The number of hydrogen-bond acceptors (Lipinski definition) is 4. The maximum absolute atomic E-state index is 11.8. The standard InChI is InChI=1S/C8H8BrCl2NO4S2/c9-7-5-6(1-2-8(7)10)18(15,16)12-3-4-17(11,13)14/h1-2,5,12H,3-4H2. The van der Waals surface area contributed by atoms with Crippen LogP contribution in [0.3, 0.4) is 0 Å². The first-order valence-electron chi connectivity index (χ1n) is 4.49. The quantitative estimate of drug-likeness (QED) is 0.771. The molecule has 5 nitrogen and oxygen atoms in total. The summed E-state index contributed by atoms with van der Waals surface area (Å²) in [4.78, 5) is -0.0225. The fourth-order valence-electron chi connectivity index (χ4n) is 1.03. The lowest BCUT2D eigenvalue weighted by molar-refractivity contribution is 0.582. The molecule has 10 heteroatoms. The molecule has 0 aliphatic carbocycles. The molecule has 0 heterocycles. The average Bonchev–Trinajstić information content (AvgIpc) is 2.19. The Morgan fingerprint density at radius 1 is 1.22 bits per heavy atom. The highest BCUT2D eigenvalue weighted by Gasteiger charge is 2.16. The lowest BCUT2D eigenvalue weighted by atomic mass is 10.4. The van der Waals surface area contributed by atoms with Crippen LogP contribution in [0, 0.1) is 0 Å². The number of hydrogen-bond donors (Lipinski definition) is 1. The molecule has 0 radical (unpaired) electrons. The van der Waals surface area contributed by atoms with Gasteiger partial charge in [0, 0.05) is 21.7 Å². The topological polar surface area (TPSA) is 80.3 Å². The first kappa shape index (κ1) is 16.2. The molecule has 1 aromatic rings. The summed E-state index contributed by atoms with van der Waals surface area (Å²) in [6.07, 6.45) is 0. The highest BCUT2D eigenvalue weighted by Crippen LogP contribution is 2.25. The second kappa shape index (κ2) is 6.06. The van der Waals surface area contributed by atoms with E-state index in [0.29, 0.717) is 9.50 Å². The van der Waals surface area contributed by atoms with E-state index in [9.17, 15) is 16.8 Å². The van der Waals surface area contributed by atoms with E-state index in [2.05, 4.69) is 20.7 Å². The van der Waals surface area contributed by atoms with Gasteiger partial charge in [-0.3, -0.25) is 0 Å². The van der Waals surface area contributed by atoms with E-state index in [-0.39, 0.29) is 11.4 Å². The molecule has 18 heavy (non-hydrogen) atoms. The molecule has 0 saturated carbocycles. The van der Waals surface area contributed by atoms with Gasteiger partial charge in [-0.05, 0) is 34.1 Å². The summed E-state index contributed by atoms with van der Waals surface area (Å²) < 4.78 is 47.4. The van der Waals surface area contributed by atoms with Crippen molar-refractivity contribution in [3.05, 3.63) is 27.7 Å². The molecule has 0 bridgehead atoms. The molecule has 0 fully saturated rings. The summed E-state index contributed by atoms with van der Waals surface area (Å²) in [6.45, 7) is -0.297. The summed E-state index contributed by atoms with van der Waals surface area (Å²) in [5, 5.41) is 0.372. The summed E-state index contributed by atoms with van der Waals surface area (Å²) in [5.41, 5.74) is 0. The molecule has 0 spiro atoms. The van der Waals surface area contributed by atoms with Crippen molar-refractivity contribution in [1.82, 2.24) is 4.72 Å². The molecule has 102 valence electrons. The van der Waals surface area contributed by atoms with Crippen LogP contribution in [0.2, 0.25) is 5.02 Å². The Bertz CT molecular complexity index is 645. The Morgan fingerprint density at radius 2 is 1.83 bits per heavy atom. The van der Waals surface area contributed by atoms with Crippen LogP contribution in [0.1, 0.15) is 0 Å². The molecule has 0 aliphatic heterocycles. The van der Waals surface area contributed by atoms with E-state index in [1.54, 1.807) is 0 Å². The van der Waals surface area contributed by atoms with Gasteiger partial charge in [-0.25, -0.2) is 21.6 Å². The number of halogens is 3. The van der Waals surface area contributed by atoms with Crippen molar-refractivity contribution >= 4 is 57.3 Å². The predicted molar refractivity (Wildman–Crippen MR) is 74.0 cm³/mol. The molecular formula is C8H8BrCl2NO4S2. The van der Waals surface area contributed by atoms with E-state index in [0.717, 1.165) is 0 Å². The third kappa shape index (κ3) is 5.02. The molecular weight excluding hydrogens is 389 g/mol. The number of sulfonamides is 1. The van der Waals surface area contributed by atoms with Gasteiger partial charge in [0.1, 0.15) is 0 Å². The van der Waals surface area contributed by atoms with Gasteiger partial charge in [0.05, 0.1) is 15.7 Å². The Balaban J connectivity index is 2.84. The molecule has 0 saturated heterocycles. The maximum Gasteiger partial charge on any atom is 0.240 e. The highest BCUT2D eigenvalue weighted by molar-refractivity contribution is 9.10. The van der Waals surface area contributed by atoms with Crippen molar-refractivity contribution in [1.29, 1.82) is 0 Å². The van der Waals surface area contributed by atoms with E-state index in [1.807, 2.05) is 0 Å². The second-order valence-electron chi connectivity index (χ2n) is 3.22. The first-order chi connectivity index (χ1) is 8.12. The van der Waals surface area contributed by atoms with Gasteiger partial charge in [0.2, 0.25) is 19.1 Å². The molecule has 0 amide bonds. The Morgan fingerprint density at radius 3 is 2.33 bits per heavy atom. The van der Waals surface area contributed by atoms with Crippen LogP contribution in [0.5, 0.6) is 0 Å². The third-order valence-corrected chi connectivity index (χ3v) is 5.67. The zero-order chi connectivity index (χ0) is 14.0. The van der Waals surface area contributed by atoms with Crippen LogP contribution < -0.4 is 4.72 Å². The van der Waals surface area contributed by atoms with Gasteiger partial charge in [-0.2, -0.15) is 0 Å². The fraction of sp³-hybridized carbons (Fsp3) is 0.250. The first-order valence-corrected chi connectivity index (χ1v) is 9.62. The maximum atomic E-state index is 11.8. The SMILES string of the molecule is O=S(=O)(Cl)CCNS(=O)(=O)c1ccc(Cl)c(Br)c1. The van der Waals surface area contributed by atoms with E-state index < -0.39 is 24.8 Å². The minimum Gasteiger partial charge on any atom is -0.212 e. The molecule has 1 N–H and O–H groups in total. The van der Waals surface area contributed by atoms with Crippen molar-refractivity contribution in [2.24, 2.45) is 0 Å². The highest BCUT2D eigenvalue weighted by atomic mass is 79.9. The third-order valence-electron chi connectivity index (χ3n) is 1.84. The predicted octanol–water partition coefficient (Wildman–Crippen LogP) is 1.95. The zero-order valence-corrected chi connectivity index (χ0v) is 13.5. The van der Waals surface area contributed by atoms with Crippen molar-refractivity contribution in [3.63, 3.8) is 0 Å². The molecule has 0 aliphatic rings. The van der Waals surface area contributed by atoms with Gasteiger partial charge in [-0.15, -0.1) is 0 Å². The number of rotatable bonds is 5. The summed E-state index contributed by atoms with van der Waals surface area (Å²) in [7, 11) is -2.55. The largest absolute Gasteiger partial charge is 0.240 e. The van der Waals surface area contributed by atoms with E-state index >= 15 is 0 Å². The minimum atomic E-state index is -3.78. The zero-order valence-electron chi connectivity index (χ0n) is 8.73. The van der Waals surface area contributed by atoms with Crippen molar-refractivity contribution in [3.8, 4) is 0 Å².